The predicted octanol–water partition coefficient (Wildman–Crippen LogP) is 0.891. The van der Waals surface area contributed by atoms with Crippen LogP contribution in [0.3, 0.4) is 0 Å². The van der Waals surface area contributed by atoms with Gasteiger partial charge in [-0.25, -0.2) is 4.99 Å². The van der Waals surface area contributed by atoms with Crippen molar-refractivity contribution in [2.75, 3.05) is 5.32 Å². The van der Waals surface area contributed by atoms with Gasteiger partial charge in [-0.2, -0.15) is 0 Å². The molecule has 0 bridgehead atoms. The molecule has 0 fully saturated rings. The first-order valence-corrected chi connectivity index (χ1v) is 6.01. The number of aromatic nitrogens is 1. The Morgan fingerprint density at radius 3 is 3.00 bits per heavy atom. The van der Waals surface area contributed by atoms with Gasteiger partial charge in [-0.15, -0.1) is 11.3 Å². The second-order valence-electron chi connectivity index (χ2n) is 3.74. The quantitative estimate of drug-likeness (QED) is 0.851. The molecule has 84 valence electrons. The van der Waals surface area contributed by atoms with E-state index in [1.54, 1.807) is 23.0 Å². The minimum atomic E-state index is -0.0689. The third-order valence-corrected chi connectivity index (χ3v) is 3.25. The van der Waals surface area contributed by atoms with Crippen LogP contribution in [-0.2, 0) is 4.79 Å². The smallest absolute Gasteiger partial charge is 0.221 e. The Morgan fingerprint density at radius 1 is 1.41 bits per heavy atom. The molecule has 1 aromatic carbocycles. The van der Waals surface area contributed by atoms with E-state index >= 15 is 0 Å². The minimum Gasteiger partial charge on any atom is -0.326 e. The maximum atomic E-state index is 11.0. The lowest BCUT2D eigenvalue weighted by Gasteiger charge is -2.09. The monoisotopic (exact) mass is 243 g/mol. The van der Waals surface area contributed by atoms with Gasteiger partial charge in [-0.1, -0.05) is 0 Å². The van der Waals surface area contributed by atoms with Crippen molar-refractivity contribution in [1.82, 2.24) is 4.98 Å². The molecule has 4 nitrogen and oxygen atoms in total. The highest BCUT2D eigenvalue weighted by molar-refractivity contribution is 7.10. The van der Waals surface area contributed by atoms with Gasteiger partial charge in [0.15, 0.2) is 0 Å². The molecule has 2 heterocycles. The normalized spacial score (nSPS) is 12.4. The molecular formula is C12H9N3OS. The summed E-state index contributed by atoms with van der Waals surface area (Å²) >= 11 is 1.56. The van der Waals surface area contributed by atoms with Crippen molar-refractivity contribution in [3.8, 4) is 0 Å². The van der Waals surface area contributed by atoms with Gasteiger partial charge in [0, 0.05) is 24.0 Å². The van der Waals surface area contributed by atoms with Crippen LogP contribution >= 0.6 is 11.3 Å². The molecule has 0 aliphatic carbocycles. The number of nitrogens with zero attached hydrogens (tertiary/aromatic N) is 2. The fourth-order valence-corrected chi connectivity index (χ4v) is 2.38. The summed E-state index contributed by atoms with van der Waals surface area (Å²) in [6.07, 6.45) is 1.80. The first-order valence-electron chi connectivity index (χ1n) is 5.13. The third kappa shape index (κ3) is 1.74. The highest BCUT2D eigenvalue weighted by Crippen LogP contribution is 2.18. The number of hydrogen-bond acceptors (Lipinski definition) is 4. The van der Waals surface area contributed by atoms with E-state index in [1.165, 1.54) is 6.92 Å². The molecule has 0 saturated carbocycles. The maximum Gasteiger partial charge on any atom is 0.221 e. The molecule has 5 heteroatoms. The Kier molecular flexibility index (Phi) is 2.26. The Labute approximate surface area is 101 Å². The molecule has 3 rings (SSSR count). The maximum absolute atomic E-state index is 11.0. The van der Waals surface area contributed by atoms with E-state index in [1.807, 2.05) is 18.2 Å². The van der Waals surface area contributed by atoms with Gasteiger partial charge in [-0.3, -0.25) is 9.78 Å². The number of carbonyl (C=O) groups is 1. The summed E-state index contributed by atoms with van der Waals surface area (Å²) in [6.45, 7) is 1.50. The highest BCUT2D eigenvalue weighted by Gasteiger charge is 2.12. The topological polar surface area (TPSA) is 54.4 Å². The van der Waals surface area contributed by atoms with Gasteiger partial charge < -0.3 is 5.32 Å². The van der Waals surface area contributed by atoms with Crippen molar-refractivity contribution in [3.63, 3.8) is 0 Å². The summed E-state index contributed by atoms with van der Waals surface area (Å²) in [5.74, 6) is -0.0689. The van der Waals surface area contributed by atoms with Gasteiger partial charge in [0.1, 0.15) is 0 Å². The molecule has 1 aliphatic heterocycles. The molecule has 1 aromatic heterocycles. The number of fused-ring (bicyclic) bond motifs is 1. The largest absolute Gasteiger partial charge is 0.326 e. The Morgan fingerprint density at radius 2 is 2.29 bits per heavy atom. The fraction of sp³-hybridized carbons (Fsp3) is 0.0833. The number of carbonyl (C=O) groups excluding carboxylic acids is 1. The van der Waals surface area contributed by atoms with E-state index in [0.717, 1.165) is 26.8 Å². The number of thiazole rings is 1. The van der Waals surface area contributed by atoms with Gasteiger partial charge >= 0.3 is 0 Å². The van der Waals surface area contributed by atoms with Gasteiger partial charge in [0.25, 0.3) is 0 Å². The molecule has 1 amide bonds. The molecule has 0 unspecified atom stereocenters. The van der Waals surface area contributed by atoms with E-state index < -0.39 is 0 Å². The van der Waals surface area contributed by atoms with Crippen LogP contribution in [-0.4, -0.2) is 10.9 Å². The van der Waals surface area contributed by atoms with Gasteiger partial charge in [-0.05, 0) is 18.2 Å². The second-order valence-corrected chi connectivity index (χ2v) is 4.63. The van der Waals surface area contributed by atoms with Crippen molar-refractivity contribution in [2.24, 2.45) is 4.99 Å². The van der Waals surface area contributed by atoms with E-state index in [9.17, 15) is 4.79 Å². The zero-order chi connectivity index (χ0) is 11.8. The average molecular weight is 243 g/mol. The molecule has 0 spiro atoms. The number of rotatable bonds is 2. The Hall–Kier alpha value is -2.01. The van der Waals surface area contributed by atoms with Crippen molar-refractivity contribution in [2.45, 2.75) is 6.92 Å². The van der Waals surface area contributed by atoms with Crippen molar-refractivity contribution >= 4 is 28.6 Å². The van der Waals surface area contributed by atoms with Crippen LogP contribution in [0.5, 0.6) is 0 Å². The minimum absolute atomic E-state index is 0.0689. The summed E-state index contributed by atoms with van der Waals surface area (Å²) in [4.78, 5) is 20.5. The summed E-state index contributed by atoms with van der Waals surface area (Å²) in [5.41, 5.74) is 3.54. The van der Waals surface area contributed by atoms with E-state index in [2.05, 4.69) is 15.3 Å². The SMILES string of the molecule is CC(=O)Nc1ccc2c(c1)=C(c1cncs1)N=2. The molecule has 2 aromatic rings. The summed E-state index contributed by atoms with van der Waals surface area (Å²) in [7, 11) is 0. The van der Waals surface area contributed by atoms with Crippen molar-refractivity contribution in [1.29, 1.82) is 0 Å². The molecule has 0 atom stereocenters. The van der Waals surface area contributed by atoms with Crippen molar-refractivity contribution < 1.29 is 4.79 Å². The van der Waals surface area contributed by atoms with Crippen molar-refractivity contribution in [3.05, 3.63) is 45.4 Å². The Balaban J connectivity index is 2.09. The fourth-order valence-electron chi connectivity index (χ4n) is 1.75. The standard InChI is InChI=1S/C12H9N3OS/c1-7(16)14-8-2-3-10-9(4-8)12(15-10)11-5-13-6-17-11/h2-6H,1H3,(H,14,16). The Bertz CT molecular complexity index is 704. The van der Waals surface area contributed by atoms with Crippen LogP contribution in [0.15, 0.2) is 34.9 Å². The molecule has 1 N–H and O–H groups in total. The second kappa shape index (κ2) is 3.78. The number of amides is 1. The number of anilines is 1. The van der Waals surface area contributed by atoms with Crippen LogP contribution in [0.2, 0.25) is 0 Å². The molecule has 0 saturated heterocycles. The molecule has 0 radical (unpaired) electrons. The lowest BCUT2D eigenvalue weighted by atomic mass is 10.1. The predicted molar refractivity (Wildman–Crippen MR) is 66.2 cm³/mol. The third-order valence-electron chi connectivity index (χ3n) is 2.47. The van der Waals surface area contributed by atoms with E-state index in [-0.39, 0.29) is 5.91 Å². The molecule has 17 heavy (non-hydrogen) atoms. The summed E-state index contributed by atoms with van der Waals surface area (Å²) in [5, 5.41) is 4.80. The van der Waals surface area contributed by atoms with Crippen LogP contribution in [0.25, 0.3) is 5.70 Å². The van der Waals surface area contributed by atoms with E-state index in [4.69, 9.17) is 0 Å². The first-order chi connectivity index (χ1) is 8.24. The first kappa shape index (κ1) is 10.2. The average Bonchev–Trinajstić information content (AvgIpc) is 2.75. The van der Waals surface area contributed by atoms with Crippen LogP contribution in [0.1, 0.15) is 11.8 Å². The highest BCUT2D eigenvalue weighted by atomic mass is 32.1. The molecular weight excluding hydrogens is 234 g/mol. The van der Waals surface area contributed by atoms with Crippen LogP contribution < -0.4 is 15.9 Å². The van der Waals surface area contributed by atoms with Crippen LogP contribution in [0, 0.1) is 0 Å². The van der Waals surface area contributed by atoms with Crippen LogP contribution in [0.4, 0.5) is 5.69 Å². The summed E-state index contributed by atoms with van der Waals surface area (Å²) in [6, 6.07) is 5.71. The van der Waals surface area contributed by atoms with E-state index in [0.29, 0.717) is 0 Å². The van der Waals surface area contributed by atoms with Gasteiger partial charge in [0.05, 0.1) is 21.4 Å². The number of benzene rings is 1. The molecule has 1 aliphatic rings. The lowest BCUT2D eigenvalue weighted by Crippen LogP contribution is -2.35. The lowest BCUT2D eigenvalue weighted by molar-refractivity contribution is -0.114. The number of nitrogens with one attached hydrogen (secondary N) is 1. The summed E-state index contributed by atoms with van der Waals surface area (Å²) < 4.78 is 0. The van der Waals surface area contributed by atoms with Gasteiger partial charge in [0.2, 0.25) is 5.91 Å². The number of hydrogen-bond donors (Lipinski definition) is 1. The zero-order valence-electron chi connectivity index (χ0n) is 9.10. The zero-order valence-corrected chi connectivity index (χ0v) is 9.91.